The van der Waals surface area contributed by atoms with Crippen LogP contribution >= 0.6 is 0 Å². The van der Waals surface area contributed by atoms with E-state index in [9.17, 15) is 27.6 Å². The monoisotopic (exact) mass is 430 g/mol. The van der Waals surface area contributed by atoms with E-state index >= 15 is 0 Å². The Morgan fingerprint density at radius 3 is 2.57 bits per heavy atom. The van der Waals surface area contributed by atoms with E-state index < -0.39 is 37.0 Å². The molecule has 0 radical (unpaired) electrons. The van der Waals surface area contributed by atoms with E-state index in [0.29, 0.717) is 23.9 Å². The summed E-state index contributed by atoms with van der Waals surface area (Å²) in [5.74, 6) is -4.10. The first-order valence-corrected chi connectivity index (χ1v) is 9.59. The summed E-state index contributed by atoms with van der Waals surface area (Å²) < 4.78 is 38.9. The minimum Gasteiger partial charge on any atom is -0.478 e. The molecule has 0 aliphatic heterocycles. The van der Waals surface area contributed by atoms with Crippen LogP contribution in [0.1, 0.15) is 41.7 Å². The molecule has 1 aromatic heterocycles. The number of carbonyl (C=O) groups excluding carboxylic acids is 2. The summed E-state index contributed by atoms with van der Waals surface area (Å²) in [7, 11) is 1.47. The van der Waals surface area contributed by atoms with Crippen molar-refractivity contribution in [2.24, 2.45) is 0 Å². The number of nitrogens with one attached hydrogen (secondary N) is 1. The number of halogens is 3. The Labute approximate surface area is 172 Å². The Balaban J connectivity index is 1.96. The third-order valence-electron chi connectivity index (χ3n) is 4.63. The molecule has 0 spiro atoms. The summed E-state index contributed by atoms with van der Waals surface area (Å²) >= 11 is 0. The van der Waals surface area contributed by atoms with Gasteiger partial charge in [0.2, 0.25) is 5.91 Å². The lowest BCUT2D eigenvalue weighted by molar-refractivity contribution is -0.186. The Morgan fingerprint density at radius 1 is 1.27 bits per heavy atom. The highest BCUT2D eigenvalue weighted by Gasteiger charge is 2.43. The van der Waals surface area contributed by atoms with Gasteiger partial charge in [0.25, 0.3) is 0 Å². The van der Waals surface area contributed by atoms with E-state index in [-0.39, 0.29) is 11.3 Å². The Kier molecular flexibility index (Phi) is 8.16. The number of alkyl halides is 3. The van der Waals surface area contributed by atoms with Crippen molar-refractivity contribution in [3.63, 3.8) is 0 Å². The van der Waals surface area contributed by atoms with Crippen LogP contribution in [-0.4, -0.2) is 76.6 Å². The molecule has 30 heavy (non-hydrogen) atoms. The fraction of sp³-hybridized carbons (Fsp3) is 0.579. The maximum absolute atomic E-state index is 13.0. The fourth-order valence-electron chi connectivity index (χ4n) is 2.75. The quantitative estimate of drug-likeness (QED) is 0.518. The minimum atomic E-state index is -5.17. The highest BCUT2D eigenvalue weighted by molar-refractivity contribution is 5.88. The lowest BCUT2D eigenvalue weighted by Crippen LogP contribution is -2.46. The second kappa shape index (κ2) is 10.4. The molecule has 2 rings (SSSR count). The molecule has 8 nitrogen and oxygen atoms in total. The van der Waals surface area contributed by atoms with Crippen LogP contribution in [0.2, 0.25) is 0 Å². The molecule has 0 bridgehead atoms. The van der Waals surface area contributed by atoms with Crippen LogP contribution in [0.15, 0.2) is 18.3 Å². The van der Waals surface area contributed by atoms with Crippen molar-refractivity contribution in [2.45, 2.75) is 44.4 Å². The van der Waals surface area contributed by atoms with Gasteiger partial charge in [0, 0.05) is 25.8 Å². The Bertz CT molecular complexity index is 768. The van der Waals surface area contributed by atoms with E-state index in [0.717, 1.165) is 25.2 Å². The summed E-state index contributed by atoms with van der Waals surface area (Å²) in [6.45, 7) is -0.249. The second-order valence-electron chi connectivity index (χ2n) is 7.25. The van der Waals surface area contributed by atoms with E-state index in [1.165, 1.54) is 30.9 Å². The molecule has 166 valence electrons. The summed E-state index contributed by atoms with van der Waals surface area (Å²) in [6.07, 6.45) is -0.198. The number of likely N-dealkylation sites (N-methyl/N-ethyl adjacent to an activating group) is 1. The lowest BCUT2D eigenvalue weighted by atomic mass is 10.2. The fourth-order valence-corrected chi connectivity index (χ4v) is 2.75. The molecule has 0 atom stereocenters. The summed E-state index contributed by atoms with van der Waals surface area (Å²) in [5.41, 5.74) is -0.239. The van der Waals surface area contributed by atoms with Crippen LogP contribution in [0.4, 0.5) is 13.2 Å². The molecule has 1 heterocycles. The molecule has 1 saturated carbocycles. The molecule has 2 N–H and O–H groups in total. The number of hydrogen-bond donors (Lipinski definition) is 2. The van der Waals surface area contributed by atoms with E-state index in [4.69, 9.17) is 5.11 Å². The largest absolute Gasteiger partial charge is 0.478 e. The lowest BCUT2D eigenvalue weighted by Gasteiger charge is -2.26. The van der Waals surface area contributed by atoms with Gasteiger partial charge in [-0.2, -0.15) is 13.2 Å². The molecule has 1 aromatic rings. The van der Waals surface area contributed by atoms with Gasteiger partial charge >= 0.3 is 18.1 Å². The average Bonchev–Trinajstić information content (AvgIpc) is 3.50. The van der Waals surface area contributed by atoms with Gasteiger partial charge in [-0.3, -0.25) is 14.6 Å². The number of pyridine rings is 1. The molecule has 1 aliphatic rings. The van der Waals surface area contributed by atoms with E-state index in [1.54, 1.807) is 0 Å². The van der Waals surface area contributed by atoms with Crippen LogP contribution in [0.5, 0.6) is 0 Å². The Hall–Kier alpha value is -2.69. The van der Waals surface area contributed by atoms with Crippen molar-refractivity contribution in [3.8, 4) is 0 Å². The summed E-state index contributed by atoms with van der Waals surface area (Å²) in [5, 5.41) is 12.3. The molecular weight excluding hydrogens is 405 g/mol. The van der Waals surface area contributed by atoms with Gasteiger partial charge in [-0.1, -0.05) is 0 Å². The molecule has 1 fully saturated rings. The van der Waals surface area contributed by atoms with Crippen LogP contribution in [-0.2, 0) is 16.1 Å². The smallest absolute Gasteiger partial charge is 0.471 e. The molecular formula is C19H25F3N4O4. The number of nitrogens with zero attached hydrogens (tertiary/aromatic N) is 3. The van der Waals surface area contributed by atoms with Crippen molar-refractivity contribution in [1.29, 1.82) is 0 Å². The summed E-state index contributed by atoms with van der Waals surface area (Å²) in [6, 6.07) is 2.83. The third-order valence-corrected chi connectivity index (χ3v) is 4.63. The number of carbonyl (C=O) groups is 3. The minimum absolute atomic E-state index is 0.0610. The van der Waals surface area contributed by atoms with Crippen LogP contribution in [0.3, 0.4) is 0 Å². The molecule has 0 unspecified atom stereocenters. The van der Waals surface area contributed by atoms with Crippen LogP contribution in [0, 0.1) is 0 Å². The molecule has 0 aromatic carbocycles. The van der Waals surface area contributed by atoms with Crippen LogP contribution in [0.25, 0.3) is 0 Å². The van der Waals surface area contributed by atoms with Gasteiger partial charge in [0.15, 0.2) is 0 Å². The first-order chi connectivity index (χ1) is 14.1. The third kappa shape index (κ3) is 7.62. The van der Waals surface area contributed by atoms with Gasteiger partial charge < -0.3 is 20.2 Å². The number of hydrogen-bond acceptors (Lipinski definition) is 5. The van der Waals surface area contributed by atoms with Gasteiger partial charge in [-0.25, -0.2) is 4.79 Å². The Morgan fingerprint density at radius 2 is 1.97 bits per heavy atom. The molecule has 2 amide bonds. The highest BCUT2D eigenvalue weighted by Crippen LogP contribution is 2.20. The van der Waals surface area contributed by atoms with Gasteiger partial charge in [0.05, 0.1) is 17.8 Å². The van der Waals surface area contributed by atoms with Gasteiger partial charge in [0.1, 0.15) is 6.54 Å². The molecule has 11 heteroatoms. The van der Waals surface area contributed by atoms with E-state index in [2.05, 4.69) is 10.3 Å². The molecule has 0 saturated heterocycles. The zero-order valence-electron chi connectivity index (χ0n) is 16.6. The number of aromatic nitrogens is 1. The standard InChI is InChI=1S/C19H25F3N4O4/c1-25(9-3-2-7-23-14-4-5-14)16(27)12-26(18(30)19(20,21)22)11-15-10-13(17(28)29)6-8-24-15/h6,8,10,14,23H,2-5,7,9,11-12H2,1H3,(H,28,29). The van der Waals surface area contributed by atoms with Crippen molar-refractivity contribution >= 4 is 17.8 Å². The molecule has 1 aliphatic carbocycles. The van der Waals surface area contributed by atoms with E-state index in [1.807, 2.05) is 0 Å². The first-order valence-electron chi connectivity index (χ1n) is 9.59. The van der Waals surface area contributed by atoms with Crippen molar-refractivity contribution < 1.29 is 32.7 Å². The SMILES string of the molecule is CN(CCCCNC1CC1)C(=O)CN(Cc1cc(C(=O)O)ccn1)C(=O)C(F)(F)F. The van der Waals surface area contributed by atoms with Crippen LogP contribution < -0.4 is 5.32 Å². The van der Waals surface area contributed by atoms with Gasteiger partial charge in [-0.15, -0.1) is 0 Å². The predicted molar refractivity (Wildman–Crippen MR) is 101 cm³/mol. The summed E-state index contributed by atoms with van der Waals surface area (Å²) in [4.78, 5) is 40.6. The number of aromatic carboxylic acids is 1. The number of carboxylic acids is 1. The topological polar surface area (TPSA) is 103 Å². The normalized spacial score (nSPS) is 13.7. The average molecular weight is 430 g/mol. The first kappa shape index (κ1) is 23.6. The van der Waals surface area contributed by atoms with Crippen molar-refractivity contribution in [1.82, 2.24) is 20.1 Å². The maximum Gasteiger partial charge on any atom is 0.471 e. The number of carboxylic acid groups (broad SMARTS) is 1. The van der Waals surface area contributed by atoms with Crippen molar-refractivity contribution in [3.05, 3.63) is 29.6 Å². The zero-order chi connectivity index (χ0) is 22.3. The number of unbranched alkanes of at least 4 members (excludes halogenated alkanes) is 1. The predicted octanol–water partition coefficient (Wildman–Crippen LogP) is 1.66. The van der Waals surface area contributed by atoms with Crippen molar-refractivity contribution in [2.75, 3.05) is 26.7 Å². The van der Waals surface area contributed by atoms with Gasteiger partial charge in [-0.05, 0) is 44.4 Å². The maximum atomic E-state index is 13.0. The number of amides is 2. The second-order valence-corrected chi connectivity index (χ2v) is 7.25. The highest BCUT2D eigenvalue weighted by atomic mass is 19.4. The number of rotatable bonds is 11. The zero-order valence-corrected chi connectivity index (χ0v) is 16.6.